The number of unbranched alkanes of at least 4 members (excludes halogenated alkanes) is 1. The number of benzene rings is 1. The molecule has 0 aliphatic heterocycles. The lowest BCUT2D eigenvalue weighted by molar-refractivity contribution is 0.0954. The summed E-state index contributed by atoms with van der Waals surface area (Å²) in [6.07, 6.45) is 2.11. The molecule has 2 rings (SSSR count). The summed E-state index contributed by atoms with van der Waals surface area (Å²) < 4.78 is 0. The average molecular weight is 244 g/mol. The van der Waals surface area contributed by atoms with E-state index >= 15 is 0 Å². The molecule has 2 aromatic rings. The Balaban J connectivity index is 2.34. The van der Waals surface area contributed by atoms with Crippen LogP contribution in [0.5, 0.6) is 0 Å². The molecule has 1 heterocycles. The summed E-state index contributed by atoms with van der Waals surface area (Å²) in [6, 6.07) is 6.14. The van der Waals surface area contributed by atoms with Gasteiger partial charge in [0.05, 0.1) is 5.56 Å². The van der Waals surface area contributed by atoms with Crippen LogP contribution in [-0.2, 0) is 0 Å². The van der Waals surface area contributed by atoms with Gasteiger partial charge < -0.3 is 10.3 Å². The van der Waals surface area contributed by atoms with E-state index in [0.717, 1.165) is 41.5 Å². The van der Waals surface area contributed by atoms with Crippen LogP contribution in [0.1, 0.15) is 41.4 Å². The second-order valence-corrected chi connectivity index (χ2v) is 4.78. The van der Waals surface area contributed by atoms with Crippen molar-refractivity contribution in [2.45, 2.75) is 33.6 Å². The van der Waals surface area contributed by atoms with Crippen molar-refractivity contribution < 1.29 is 4.79 Å². The van der Waals surface area contributed by atoms with E-state index in [2.05, 4.69) is 29.4 Å². The molecule has 0 saturated heterocycles. The van der Waals surface area contributed by atoms with Crippen LogP contribution in [0.2, 0.25) is 0 Å². The highest BCUT2D eigenvalue weighted by atomic mass is 16.1. The maximum atomic E-state index is 12.2. The zero-order valence-corrected chi connectivity index (χ0v) is 11.3. The highest BCUT2D eigenvalue weighted by Crippen LogP contribution is 2.23. The van der Waals surface area contributed by atoms with Crippen LogP contribution in [0.25, 0.3) is 10.9 Å². The van der Waals surface area contributed by atoms with Crippen LogP contribution in [-0.4, -0.2) is 17.4 Å². The zero-order valence-electron chi connectivity index (χ0n) is 11.3. The first-order chi connectivity index (χ1) is 8.63. The molecule has 0 saturated carbocycles. The summed E-state index contributed by atoms with van der Waals surface area (Å²) >= 11 is 0. The molecule has 0 spiro atoms. The van der Waals surface area contributed by atoms with Gasteiger partial charge >= 0.3 is 0 Å². The fourth-order valence-corrected chi connectivity index (χ4v) is 2.20. The van der Waals surface area contributed by atoms with Crippen molar-refractivity contribution in [1.82, 2.24) is 10.3 Å². The number of carbonyl (C=O) groups is 1. The highest BCUT2D eigenvalue weighted by Gasteiger charge is 2.15. The molecule has 0 aliphatic carbocycles. The molecule has 0 aliphatic rings. The number of aryl methyl sites for hydroxylation is 2. The Morgan fingerprint density at radius 1 is 1.33 bits per heavy atom. The Labute approximate surface area is 108 Å². The van der Waals surface area contributed by atoms with E-state index in [0.29, 0.717) is 0 Å². The summed E-state index contributed by atoms with van der Waals surface area (Å²) in [6.45, 7) is 6.85. The molecule has 2 N–H and O–H groups in total. The van der Waals surface area contributed by atoms with Gasteiger partial charge in [0.15, 0.2) is 0 Å². The summed E-state index contributed by atoms with van der Waals surface area (Å²) in [5.74, 6) is 0.0257. The molecule has 1 aromatic carbocycles. The zero-order chi connectivity index (χ0) is 13.1. The largest absolute Gasteiger partial charge is 0.358 e. The monoisotopic (exact) mass is 244 g/mol. The van der Waals surface area contributed by atoms with E-state index in [-0.39, 0.29) is 5.91 Å². The lowest BCUT2D eigenvalue weighted by atomic mass is 10.1. The number of fused-ring (bicyclic) bond motifs is 1. The van der Waals surface area contributed by atoms with E-state index in [9.17, 15) is 4.79 Å². The van der Waals surface area contributed by atoms with E-state index < -0.39 is 0 Å². The fraction of sp³-hybridized carbons (Fsp3) is 0.400. The highest BCUT2D eigenvalue weighted by molar-refractivity contribution is 6.08. The van der Waals surface area contributed by atoms with Gasteiger partial charge in [0, 0.05) is 23.1 Å². The number of aromatic nitrogens is 1. The summed E-state index contributed by atoms with van der Waals surface area (Å²) in [4.78, 5) is 15.5. The smallest absolute Gasteiger partial charge is 0.253 e. The normalized spacial score (nSPS) is 10.8. The third kappa shape index (κ3) is 2.40. The minimum atomic E-state index is 0.0257. The Morgan fingerprint density at radius 2 is 2.11 bits per heavy atom. The molecule has 3 nitrogen and oxygen atoms in total. The average Bonchev–Trinajstić information content (AvgIpc) is 2.64. The Bertz CT molecular complexity index is 569. The molecule has 0 atom stereocenters. The third-order valence-electron chi connectivity index (χ3n) is 3.18. The second-order valence-electron chi connectivity index (χ2n) is 4.78. The summed E-state index contributed by atoms with van der Waals surface area (Å²) in [7, 11) is 0. The Hall–Kier alpha value is -1.77. The number of hydrogen-bond donors (Lipinski definition) is 2. The first kappa shape index (κ1) is 12.7. The van der Waals surface area contributed by atoms with Crippen LogP contribution < -0.4 is 5.32 Å². The number of nitrogens with one attached hydrogen (secondary N) is 2. The lowest BCUT2D eigenvalue weighted by Crippen LogP contribution is -2.24. The number of H-pyrrole nitrogens is 1. The first-order valence-electron chi connectivity index (χ1n) is 6.50. The van der Waals surface area contributed by atoms with Gasteiger partial charge in [-0.15, -0.1) is 0 Å². The minimum Gasteiger partial charge on any atom is -0.358 e. The van der Waals surface area contributed by atoms with Crippen molar-refractivity contribution in [3.8, 4) is 0 Å². The lowest BCUT2D eigenvalue weighted by Gasteiger charge is -2.04. The van der Waals surface area contributed by atoms with Crippen molar-refractivity contribution in [3.05, 3.63) is 35.0 Å². The second kappa shape index (κ2) is 5.25. The number of carbonyl (C=O) groups excluding carboxylic acids is 1. The molecular formula is C15H20N2O. The van der Waals surface area contributed by atoms with Crippen molar-refractivity contribution in [3.63, 3.8) is 0 Å². The van der Waals surface area contributed by atoms with Gasteiger partial charge in [-0.3, -0.25) is 4.79 Å². The predicted molar refractivity (Wildman–Crippen MR) is 75.0 cm³/mol. The van der Waals surface area contributed by atoms with Crippen molar-refractivity contribution in [1.29, 1.82) is 0 Å². The molecule has 0 bridgehead atoms. The fourth-order valence-electron chi connectivity index (χ4n) is 2.20. The van der Waals surface area contributed by atoms with Gasteiger partial charge in [-0.1, -0.05) is 25.0 Å². The van der Waals surface area contributed by atoms with Crippen LogP contribution in [0.15, 0.2) is 18.2 Å². The van der Waals surface area contributed by atoms with Gasteiger partial charge in [0.2, 0.25) is 0 Å². The molecule has 0 fully saturated rings. The third-order valence-corrected chi connectivity index (χ3v) is 3.18. The SMILES string of the molecule is CCCCNC(=O)c1c(C)[nH]c2ccc(C)cc12. The van der Waals surface area contributed by atoms with E-state index in [4.69, 9.17) is 0 Å². The number of aromatic amines is 1. The van der Waals surface area contributed by atoms with Crippen LogP contribution in [0.3, 0.4) is 0 Å². The molecule has 1 amide bonds. The van der Waals surface area contributed by atoms with Gasteiger partial charge in [-0.05, 0) is 32.4 Å². The minimum absolute atomic E-state index is 0.0257. The van der Waals surface area contributed by atoms with Gasteiger partial charge in [0.25, 0.3) is 5.91 Å². The standard InChI is InChI=1S/C15H20N2O/c1-4-5-8-16-15(18)14-11(3)17-13-7-6-10(2)9-12(13)14/h6-7,9,17H,4-5,8H2,1-3H3,(H,16,18). The Morgan fingerprint density at radius 3 is 2.83 bits per heavy atom. The molecule has 0 unspecified atom stereocenters. The van der Waals surface area contributed by atoms with Gasteiger partial charge in [0.1, 0.15) is 0 Å². The predicted octanol–water partition coefficient (Wildman–Crippen LogP) is 3.31. The van der Waals surface area contributed by atoms with Crippen molar-refractivity contribution in [2.75, 3.05) is 6.54 Å². The van der Waals surface area contributed by atoms with E-state index in [1.165, 1.54) is 5.56 Å². The maximum Gasteiger partial charge on any atom is 0.253 e. The van der Waals surface area contributed by atoms with Crippen molar-refractivity contribution >= 4 is 16.8 Å². The quantitative estimate of drug-likeness (QED) is 0.796. The first-order valence-corrected chi connectivity index (χ1v) is 6.50. The summed E-state index contributed by atoms with van der Waals surface area (Å²) in [5.41, 5.74) is 3.91. The molecule has 0 radical (unpaired) electrons. The number of amides is 1. The maximum absolute atomic E-state index is 12.2. The van der Waals surface area contributed by atoms with Crippen LogP contribution in [0.4, 0.5) is 0 Å². The summed E-state index contributed by atoms with van der Waals surface area (Å²) in [5, 5.41) is 3.99. The molecule has 3 heteroatoms. The molecule has 18 heavy (non-hydrogen) atoms. The number of rotatable bonds is 4. The Kier molecular flexibility index (Phi) is 3.70. The van der Waals surface area contributed by atoms with Crippen LogP contribution >= 0.6 is 0 Å². The molecular weight excluding hydrogens is 224 g/mol. The van der Waals surface area contributed by atoms with E-state index in [1.54, 1.807) is 0 Å². The number of hydrogen-bond acceptors (Lipinski definition) is 1. The van der Waals surface area contributed by atoms with Gasteiger partial charge in [-0.25, -0.2) is 0 Å². The molecule has 1 aromatic heterocycles. The van der Waals surface area contributed by atoms with E-state index in [1.807, 2.05) is 19.9 Å². The van der Waals surface area contributed by atoms with Gasteiger partial charge in [-0.2, -0.15) is 0 Å². The topological polar surface area (TPSA) is 44.9 Å². The molecule has 96 valence electrons. The van der Waals surface area contributed by atoms with Crippen molar-refractivity contribution in [2.24, 2.45) is 0 Å². The van der Waals surface area contributed by atoms with Crippen LogP contribution in [0, 0.1) is 13.8 Å².